The zero-order valence-corrected chi connectivity index (χ0v) is 15.3. The van der Waals surface area contributed by atoms with Crippen LogP contribution in [0.3, 0.4) is 0 Å². The number of carbonyl (C=O) groups is 2. The number of esters is 1. The van der Waals surface area contributed by atoms with Gasteiger partial charge >= 0.3 is 5.97 Å². The van der Waals surface area contributed by atoms with Gasteiger partial charge in [0.15, 0.2) is 0 Å². The third kappa shape index (κ3) is 1.74. The van der Waals surface area contributed by atoms with E-state index in [1.165, 1.54) is 25.5 Å². The number of fused-ring (bicyclic) bond motifs is 3. The summed E-state index contributed by atoms with van der Waals surface area (Å²) in [5.41, 5.74) is 0.988. The van der Waals surface area contributed by atoms with Crippen molar-refractivity contribution >= 4 is 12.3 Å². The third-order valence-electron chi connectivity index (χ3n) is 8.58. The van der Waals surface area contributed by atoms with E-state index >= 15 is 0 Å². The first-order valence-electron chi connectivity index (χ1n) is 9.54. The van der Waals surface area contributed by atoms with Crippen LogP contribution >= 0.6 is 0 Å². The van der Waals surface area contributed by atoms with Gasteiger partial charge in [0, 0.05) is 5.41 Å². The zero-order chi connectivity index (χ0) is 17.3. The van der Waals surface area contributed by atoms with Crippen LogP contribution in [0.25, 0.3) is 0 Å². The summed E-state index contributed by atoms with van der Waals surface area (Å²) in [7, 11) is 1.51. The van der Waals surface area contributed by atoms with Crippen LogP contribution in [0, 0.1) is 39.9 Å². The molecule has 24 heavy (non-hydrogen) atoms. The monoisotopic (exact) mass is 330 g/mol. The molecule has 1 unspecified atom stereocenters. The first kappa shape index (κ1) is 16.4. The van der Waals surface area contributed by atoms with Gasteiger partial charge in [0.05, 0.1) is 13.0 Å². The predicted octanol–water partition coefficient (Wildman–Crippen LogP) is 4.16. The van der Waals surface area contributed by atoms with Gasteiger partial charge in [0.25, 0.3) is 0 Å². The van der Waals surface area contributed by atoms with Gasteiger partial charge in [-0.3, -0.25) is 4.79 Å². The number of rotatable bonds is 2. The van der Waals surface area contributed by atoms with E-state index in [9.17, 15) is 9.59 Å². The topological polar surface area (TPSA) is 43.4 Å². The summed E-state index contributed by atoms with van der Waals surface area (Å²) in [4.78, 5) is 25.1. The Bertz CT molecular complexity index is 610. The van der Waals surface area contributed by atoms with E-state index in [0.717, 1.165) is 38.4 Å². The van der Waals surface area contributed by atoms with Crippen LogP contribution in [0.5, 0.6) is 0 Å². The van der Waals surface area contributed by atoms with Crippen molar-refractivity contribution < 1.29 is 14.3 Å². The van der Waals surface area contributed by atoms with Crippen LogP contribution in [0.15, 0.2) is 12.2 Å². The first-order valence-corrected chi connectivity index (χ1v) is 9.54. The predicted molar refractivity (Wildman–Crippen MR) is 92.1 cm³/mol. The molecule has 0 aromatic carbocycles. The summed E-state index contributed by atoms with van der Waals surface area (Å²) < 4.78 is 5.31. The molecule has 4 aliphatic carbocycles. The number of aldehydes is 1. The number of hydrogen-bond donors (Lipinski definition) is 0. The SMILES string of the molecule is C=C1C[C@]23CC1CC[C@H]2[C@]1(C)CCC[C@@](C)(C=O)[C@H]1[C@@H]3C(=O)OC. The molecule has 3 heteroatoms. The Hall–Kier alpha value is -1.12. The highest BCUT2D eigenvalue weighted by atomic mass is 16.5. The maximum Gasteiger partial charge on any atom is 0.309 e. The molecule has 0 amide bonds. The Balaban J connectivity index is 1.92. The second-order valence-electron chi connectivity index (χ2n) is 9.56. The van der Waals surface area contributed by atoms with Gasteiger partial charge in [-0.05, 0) is 67.1 Å². The van der Waals surface area contributed by atoms with Gasteiger partial charge in [-0.25, -0.2) is 0 Å². The summed E-state index contributed by atoms with van der Waals surface area (Å²) in [6.07, 6.45) is 8.71. The number of hydrogen-bond acceptors (Lipinski definition) is 3. The van der Waals surface area contributed by atoms with E-state index in [-0.39, 0.29) is 28.6 Å². The highest BCUT2D eigenvalue weighted by Gasteiger charge is 2.74. The highest BCUT2D eigenvalue weighted by Crippen LogP contribution is 2.77. The number of carbonyl (C=O) groups excluding carboxylic acids is 2. The summed E-state index contributed by atoms with van der Waals surface area (Å²) in [6.45, 7) is 8.81. The molecule has 132 valence electrons. The van der Waals surface area contributed by atoms with Crippen LogP contribution in [0.1, 0.15) is 58.8 Å². The second-order valence-corrected chi connectivity index (χ2v) is 9.56. The standard InChI is InChI=1S/C21H30O3/c1-13-10-21-11-14(13)6-7-15(21)20(3)9-5-8-19(2,12-22)17(20)16(21)18(23)24-4/h12,14-17H,1,5-11H2,2-4H3/t14?,15-,16+,17+,19-,20-,21-/m0/s1. The molecule has 0 N–H and O–H groups in total. The molecule has 0 radical (unpaired) electrons. The van der Waals surface area contributed by atoms with E-state index in [1.807, 2.05) is 0 Å². The van der Waals surface area contributed by atoms with Crippen molar-refractivity contribution in [1.82, 2.24) is 0 Å². The number of ether oxygens (including phenoxy) is 1. The molecule has 1 spiro atoms. The average molecular weight is 330 g/mol. The van der Waals surface area contributed by atoms with Gasteiger partial charge in [0.1, 0.15) is 6.29 Å². The van der Waals surface area contributed by atoms with Crippen molar-refractivity contribution in [3.05, 3.63) is 12.2 Å². The van der Waals surface area contributed by atoms with Crippen molar-refractivity contribution in [2.75, 3.05) is 7.11 Å². The summed E-state index contributed by atoms with van der Waals surface area (Å²) in [6, 6.07) is 0. The van der Waals surface area contributed by atoms with E-state index in [1.54, 1.807) is 0 Å². The van der Waals surface area contributed by atoms with Crippen LogP contribution < -0.4 is 0 Å². The van der Waals surface area contributed by atoms with Gasteiger partial charge in [-0.2, -0.15) is 0 Å². The lowest BCUT2D eigenvalue weighted by Gasteiger charge is -2.50. The Kier molecular flexibility index (Phi) is 3.38. The molecule has 3 nitrogen and oxygen atoms in total. The maximum absolute atomic E-state index is 13.0. The van der Waals surface area contributed by atoms with Gasteiger partial charge in [0.2, 0.25) is 0 Å². The number of methoxy groups -OCH3 is 1. The zero-order valence-electron chi connectivity index (χ0n) is 15.3. The molecule has 4 saturated carbocycles. The summed E-state index contributed by atoms with van der Waals surface area (Å²) >= 11 is 0. The fourth-order valence-electron chi connectivity index (χ4n) is 7.94. The van der Waals surface area contributed by atoms with Crippen molar-refractivity contribution in [3.8, 4) is 0 Å². The summed E-state index contributed by atoms with van der Waals surface area (Å²) in [5.74, 6) is 0.973. The molecule has 7 atom stereocenters. The quantitative estimate of drug-likeness (QED) is 0.434. The second kappa shape index (κ2) is 4.95. The smallest absolute Gasteiger partial charge is 0.309 e. The Morgan fingerprint density at radius 1 is 1.29 bits per heavy atom. The normalized spacial score (nSPS) is 52.5. The molecule has 4 rings (SSSR count). The molecule has 4 aliphatic rings. The number of allylic oxidation sites excluding steroid dienone is 1. The molecule has 4 fully saturated rings. The lowest BCUT2D eigenvalue weighted by molar-refractivity contribution is -0.156. The van der Waals surface area contributed by atoms with Gasteiger partial charge in [-0.1, -0.05) is 32.4 Å². The lowest BCUT2D eigenvalue weighted by atomic mass is 9.53. The van der Waals surface area contributed by atoms with E-state index in [0.29, 0.717) is 11.8 Å². The minimum absolute atomic E-state index is 0.0128. The maximum atomic E-state index is 13.0. The fraction of sp³-hybridized carbons (Fsp3) is 0.810. The van der Waals surface area contributed by atoms with Crippen LogP contribution in [-0.4, -0.2) is 19.4 Å². The molecule has 2 bridgehead atoms. The van der Waals surface area contributed by atoms with E-state index < -0.39 is 5.41 Å². The summed E-state index contributed by atoms with van der Waals surface area (Å²) in [5, 5.41) is 0. The molecule has 0 aromatic heterocycles. The molecular weight excluding hydrogens is 300 g/mol. The molecule has 0 aliphatic heterocycles. The van der Waals surface area contributed by atoms with Crippen LogP contribution in [0.2, 0.25) is 0 Å². The van der Waals surface area contributed by atoms with Crippen LogP contribution in [0.4, 0.5) is 0 Å². The van der Waals surface area contributed by atoms with Crippen molar-refractivity contribution in [3.63, 3.8) is 0 Å². The van der Waals surface area contributed by atoms with E-state index in [4.69, 9.17) is 4.74 Å². The average Bonchev–Trinajstić information content (AvgIpc) is 2.94. The molecule has 0 heterocycles. The Morgan fingerprint density at radius 3 is 2.71 bits per heavy atom. The van der Waals surface area contributed by atoms with Crippen molar-refractivity contribution in [1.29, 1.82) is 0 Å². The molecule has 0 aromatic rings. The lowest BCUT2D eigenvalue weighted by Crippen LogP contribution is -2.47. The highest BCUT2D eigenvalue weighted by molar-refractivity contribution is 5.77. The molecular formula is C21H30O3. The van der Waals surface area contributed by atoms with Gasteiger partial charge in [-0.15, -0.1) is 0 Å². The van der Waals surface area contributed by atoms with Gasteiger partial charge < -0.3 is 9.53 Å². The third-order valence-corrected chi connectivity index (χ3v) is 8.58. The van der Waals surface area contributed by atoms with Crippen molar-refractivity contribution in [2.24, 2.45) is 39.9 Å². The first-order chi connectivity index (χ1) is 11.3. The largest absolute Gasteiger partial charge is 0.469 e. The minimum atomic E-state index is -0.405. The van der Waals surface area contributed by atoms with Crippen LogP contribution in [-0.2, 0) is 14.3 Å². The van der Waals surface area contributed by atoms with Crippen molar-refractivity contribution in [2.45, 2.75) is 58.8 Å². The minimum Gasteiger partial charge on any atom is -0.469 e. The molecule has 0 saturated heterocycles. The Morgan fingerprint density at radius 2 is 2.04 bits per heavy atom. The fourth-order valence-corrected chi connectivity index (χ4v) is 7.94. The van der Waals surface area contributed by atoms with E-state index in [2.05, 4.69) is 20.4 Å². The Labute approximate surface area is 145 Å².